The SMILES string of the molecule is CCc1csc(NCC2CNCCO2)n1. The Morgan fingerprint density at radius 3 is 3.33 bits per heavy atom. The van der Waals surface area contributed by atoms with E-state index >= 15 is 0 Å². The van der Waals surface area contributed by atoms with E-state index in [2.05, 4.69) is 27.9 Å². The lowest BCUT2D eigenvalue weighted by atomic mass is 10.3. The molecule has 0 aromatic carbocycles. The molecular formula is C10H17N3OS. The molecule has 1 aliphatic rings. The number of morpholine rings is 1. The van der Waals surface area contributed by atoms with Gasteiger partial charge in [0.05, 0.1) is 18.4 Å². The van der Waals surface area contributed by atoms with Gasteiger partial charge in [-0.1, -0.05) is 6.92 Å². The van der Waals surface area contributed by atoms with E-state index in [1.807, 2.05) is 0 Å². The molecule has 1 aliphatic heterocycles. The Kier molecular flexibility index (Phi) is 3.94. The normalized spacial score (nSPS) is 21.5. The monoisotopic (exact) mass is 227 g/mol. The van der Waals surface area contributed by atoms with E-state index in [0.29, 0.717) is 0 Å². The van der Waals surface area contributed by atoms with Crippen molar-refractivity contribution in [3.8, 4) is 0 Å². The summed E-state index contributed by atoms with van der Waals surface area (Å²) < 4.78 is 5.58. The molecule has 4 nitrogen and oxygen atoms in total. The fourth-order valence-corrected chi connectivity index (χ4v) is 2.31. The maximum Gasteiger partial charge on any atom is 0.182 e. The Morgan fingerprint density at radius 1 is 1.73 bits per heavy atom. The number of hydrogen-bond donors (Lipinski definition) is 2. The van der Waals surface area contributed by atoms with Gasteiger partial charge in [0.25, 0.3) is 0 Å². The molecule has 84 valence electrons. The van der Waals surface area contributed by atoms with E-state index in [-0.39, 0.29) is 6.10 Å². The molecule has 2 N–H and O–H groups in total. The van der Waals surface area contributed by atoms with Crippen LogP contribution in [0.2, 0.25) is 0 Å². The van der Waals surface area contributed by atoms with Gasteiger partial charge < -0.3 is 15.4 Å². The second kappa shape index (κ2) is 5.44. The van der Waals surface area contributed by atoms with E-state index in [9.17, 15) is 0 Å². The number of rotatable bonds is 4. The minimum atomic E-state index is 0.271. The van der Waals surface area contributed by atoms with Gasteiger partial charge in [-0.3, -0.25) is 0 Å². The Morgan fingerprint density at radius 2 is 2.67 bits per heavy atom. The van der Waals surface area contributed by atoms with Gasteiger partial charge >= 0.3 is 0 Å². The molecule has 1 fully saturated rings. The number of nitrogens with zero attached hydrogens (tertiary/aromatic N) is 1. The number of ether oxygens (including phenoxy) is 1. The van der Waals surface area contributed by atoms with Crippen molar-refractivity contribution in [3.63, 3.8) is 0 Å². The van der Waals surface area contributed by atoms with Crippen LogP contribution in [0.15, 0.2) is 5.38 Å². The molecule has 0 spiro atoms. The highest BCUT2D eigenvalue weighted by atomic mass is 32.1. The molecule has 5 heteroatoms. The highest BCUT2D eigenvalue weighted by Gasteiger charge is 2.13. The fraction of sp³-hybridized carbons (Fsp3) is 0.700. The zero-order valence-electron chi connectivity index (χ0n) is 8.95. The summed E-state index contributed by atoms with van der Waals surface area (Å²) in [5, 5.41) is 9.72. The van der Waals surface area contributed by atoms with Gasteiger partial charge in [-0.15, -0.1) is 11.3 Å². The Hall–Kier alpha value is -0.650. The molecule has 0 saturated carbocycles. The molecule has 2 heterocycles. The van der Waals surface area contributed by atoms with Crippen molar-refractivity contribution in [1.29, 1.82) is 0 Å². The first-order valence-corrected chi connectivity index (χ1v) is 6.27. The molecule has 2 rings (SSSR count). The first kappa shape index (κ1) is 10.9. The van der Waals surface area contributed by atoms with Crippen LogP contribution in [0.25, 0.3) is 0 Å². The molecular weight excluding hydrogens is 210 g/mol. The van der Waals surface area contributed by atoms with Crippen LogP contribution >= 0.6 is 11.3 Å². The second-order valence-corrected chi connectivity index (χ2v) is 4.43. The number of thiazole rings is 1. The predicted octanol–water partition coefficient (Wildman–Crippen LogP) is 1.11. The second-order valence-electron chi connectivity index (χ2n) is 3.58. The van der Waals surface area contributed by atoms with Gasteiger partial charge in [0, 0.05) is 25.0 Å². The van der Waals surface area contributed by atoms with E-state index in [4.69, 9.17) is 4.74 Å². The van der Waals surface area contributed by atoms with E-state index in [0.717, 1.165) is 43.5 Å². The third-order valence-corrected chi connectivity index (χ3v) is 3.25. The smallest absolute Gasteiger partial charge is 0.182 e. The van der Waals surface area contributed by atoms with Crippen LogP contribution in [0.5, 0.6) is 0 Å². The average Bonchev–Trinajstić information content (AvgIpc) is 2.76. The zero-order valence-corrected chi connectivity index (χ0v) is 9.77. The lowest BCUT2D eigenvalue weighted by molar-refractivity contribution is 0.0372. The van der Waals surface area contributed by atoms with E-state index in [1.54, 1.807) is 11.3 Å². The average molecular weight is 227 g/mol. The largest absolute Gasteiger partial charge is 0.374 e. The van der Waals surface area contributed by atoms with Crippen LogP contribution in [-0.4, -0.2) is 37.3 Å². The number of aromatic nitrogens is 1. The summed E-state index contributed by atoms with van der Waals surface area (Å²) in [5.74, 6) is 0. The van der Waals surface area contributed by atoms with E-state index < -0.39 is 0 Å². The summed E-state index contributed by atoms with van der Waals surface area (Å²) in [4.78, 5) is 4.44. The van der Waals surface area contributed by atoms with Crippen molar-refractivity contribution < 1.29 is 4.74 Å². The van der Waals surface area contributed by atoms with E-state index in [1.165, 1.54) is 0 Å². The van der Waals surface area contributed by atoms with Crippen molar-refractivity contribution >= 4 is 16.5 Å². The zero-order chi connectivity index (χ0) is 10.5. The molecule has 1 aromatic rings. The number of nitrogens with one attached hydrogen (secondary N) is 2. The van der Waals surface area contributed by atoms with Gasteiger partial charge in [-0.05, 0) is 6.42 Å². The van der Waals surface area contributed by atoms with Gasteiger partial charge in [0.1, 0.15) is 0 Å². The van der Waals surface area contributed by atoms with Gasteiger partial charge in [-0.2, -0.15) is 0 Å². The minimum absolute atomic E-state index is 0.271. The molecule has 15 heavy (non-hydrogen) atoms. The Balaban J connectivity index is 1.76. The molecule has 0 radical (unpaired) electrons. The third-order valence-electron chi connectivity index (χ3n) is 2.40. The van der Waals surface area contributed by atoms with Crippen molar-refractivity contribution in [2.24, 2.45) is 0 Å². The number of aryl methyl sites for hydroxylation is 1. The molecule has 1 aromatic heterocycles. The van der Waals surface area contributed by atoms with Crippen molar-refractivity contribution in [1.82, 2.24) is 10.3 Å². The number of anilines is 1. The number of hydrogen-bond acceptors (Lipinski definition) is 5. The topological polar surface area (TPSA) is 46.2 Å². The van der Waals surface area contributed by atoms with Crippen molar-refractivity contribution in [3.05, 3.63) is 11.1 Å². The first-order valence-electron chi connectivity index (χ1n) is 5.39. The molecule has 0 amide bonds. The summed E-state index contributed by atoms with van der Waals surface area (Å²) in [5.41, 5.74) is 1.16. The van der Waals surface area contributed by atoms with Gasteiger partial charge in [0.2, 0.25) is 0 Å². The van der Waals surface area contributed by atoms with Crippen LogP contribution in [0, 0.1) is 0 Å². The van der Waals surface area contributed by atoms with Crippen molar-refractivity contribution in [2.75, 3.05) is 31.6 Å². The summed E-state index contributed by atoms with van der Waals surface area (Å²) in [6.07, 6.45) is 1.27. The fourth-order valence-electron chi connectivity index (χ4n) is 1.50. The Bertz CT molecular complexity index is 297. The quantitative estimate of drug-likeness (QED) is 0.809. The lowest BCUT2D eigenvalue weighted by Gasteiger charge is -2.23. The molecule has 1 saturated heterocycles. The lowest BCUT2D eigenvalue weighted by Crippen LogP contribution is -2.42. The minimum Gasteiger partial charge on any atom is -0.374 e. The van der Waals surface area contributed by atoms with Crippen LogP contribution in [0.1, 0.15) is 12.6 Å². The maximum atomic E-state index is 5.58. The van der Waals surface area contributed by atoms with Crippen LogP contribution in [0.4, 0.5) is 5.13 Å². The molecule has 0 bridgehead atoms. The van der Waals surface area contributed by atoms with Gasteiger partial charge in [0.15, 0.2) is 5.13 Å². The third kappa shape index (κ3) is 3.15. The Labute approximate surface area is 94.1 Å². The van der Waals surface area contributed by atoms with Gasteiger partial charge in [-0.25, -0.2) is 4.98 Å². The van der Waals surface area contributed by atoms with Crippen LogP contribution < -0.4 is 10.6 Å². The van der Waals surface area contributed by atoms with Crippen LogP contribution in [0.3, 0.4) is 0 Å². The highest BCUT2D eigenvalue weighted by Crippen LogP contribution is 2.15. The summed E-state index contributed by atoms with van der Waals surface area (Å²) in [6.45, 7) is 5.66. The first-order chi connectivity index (χ1) is 7.38. The molecule has 1 atom stereocenters. The standard InChI is InChI=1S/C10H17N3OS/c1-2-8-7-15-10(13-8)12-6-9-5-11-3-4-14-9/h7,9,11H,2-6H2,1H3,(H,12,13). The highest BCUT2D eigenvalue weighted by molar-refractivity contribution is 7.13. The maximum absolute atomic E-state index is 5.58. The summed E-state index contributed by atoms with van der Waals surface area (Å²) in [7, 11) is 0. The molecule has 0 aliphatic carbocycles. The molecule has 1 unspecified atom stereocenters. The summed E-state index contributed by atoms with van der Waals surface area (Å²) >= 11 is 1.66. The van der Waals surface area contributed by atoms with Crippen molar-refractivity contribution in [2.45, 2.75) is 19.4 Å². The summed E-state index contributed by atoms with van der Waals surface area (Å²) in [6, 6.07) is 0. The van der Waals surface area contributed by atoms with Crippen LogP contribution in [-0.2, 0) is 11.2 Å². The predicted molar refractivity (Wildman–Crippen MR) is 62.6 cm³/mol.